The zero-order chi connectivity index (χ0) is 32.2. The second-order valence-corrected chi connectivity index (χ2v) is 11.5. The van der Waals surface area contributed by atoms with Crippen LogP contribution < -0.4 is 35.6 Å². The number of aryl methyl sites for hydroxylation is 1. The maximum atomic E-state index is 13.4. The minimum Gasteiger partial charge on any atom is -0.493 e. The van der Waals surface area contributed by atoms with Gasteiger partial charge in [-0.15, -0.1) is 0 Å². The predicted octanol–water partition coefficient (Wildman–Crippen LogP) is 3.67. The molecule has 1 saturated heterocycles. The van der Waals surface area contributed by atoms with Crippen LogP contribution >= 0.6 is 0 Å². The quantitative estimate of drug-likeness (QED) is 0.255. The van der Waals surface area contributed by atoms with Crippen LogP contribution in [-0.4, -0.2) is 84.0 Å². The number of fused-ring (bicyclic) bond motifs is 3. The van der Waals surface area contributed by atoms with Gasteiger partial charge in [0.05, 0.1) is 46.3 Å². The van der Waals surface area contributed by atoms with Crippen LogP contribution in [-0.2, 0) is 20.7 Å². The summed E-state index contributed by atoms with van der Waals surface area (Å²) >= 11 is 0. The fraction of sp³-hybridized carbons (Fsp3) is 0.559. The number of carbonyl (C=O) groups is 2. The number of benzene rings is 1. The van der Waals surface area contributed by atoms with E-state index < -0.39 is 0 Å². The lowest BCUT2D eigenvalue weighted by atomic mass is 9.95. The summed E-state index contributed by atoms with van der Waals surface area (Å²) in [5.74, 6) is 1.46. The Kier molecular flexibility index (Phi) is 12.9. The van der Waals surface area contributed by atoms with Gasteiger partial charge in [-0.3, -0.25) is 19.3 Å². The predicted molar refractivity (Wildman–Crippen MR) is 175 cm³/mol. The van der Waals surface area contributed by atoms with E-state index in [1.807, 2.05) is 12.1 Å². The lowest BCUT2D eigenvalue weighted by Gasteiger charge is -2.26. The van der Waals surface area contributed by atoms with Crippen LogP contribution in [0.1, 0.15) is 62.6 Å². The van der Waals surface area contributed by atoms with Crippen molar-refractivity contribution in [3.63, 3.8) is 0 Å². The summed E-state index contributed by atoms with van der Waals surface area (Å²) in [7, 11) is 4.73. The highest BCUT2D eigenvalue weighted by molar-refractivity contribution is 5.83. The molecule has 3 N–H and O–H groups in total. The van der Waals surface area contributed by atoms with E-state index in [4.69, 9.17) is 18.9 Å². The number of unbranched alkanes of at least 4 members (excludes halogenated alkanes) is 2. The van der Waals surface area contributed by atoms with Gasteiger partial charge in [0.1, 0.15) is 0 Å². The van der Waals surface area contributed by atoms with Crippen molar-refractivity contribution in [1.82, 2.24) is 15.5 Å². The van der Waals surface area contributed by atoms with Gasteiger partial charge in [0.15, 0.2) is 11.5 Å². The van der Waals surface area contributed by atoms with E-state index in [0.717, 1.165) is 80.8 Å². The highest BCUT2D eigenvalue weighted by Crippen LogP contribution is 2.50. The molecule has 2 aliphatic rings. The molecule has 0 aromatic heterocycles. The van der Waals surface area contributed by atoms with Crippen LogP contribution in [0.4, 0.5) is 5.69 Å². The second-order valence-electron chi connectivity index (χ2n) is 11.5. The molecule has 11 heteroatoms. The Morgan fingerprint density at radius 2 is 1.73 bits per heavy atom. The molecule has 1 fully saturated rings. The lowest BCUT2D eigenvalue weighted by molar-refractivity contribution is -0.121. The van der Waals surface area contributed by atoms with Crippen molar-refractivity contribution in [3.8, 4) is 28.4 Å². The molecule has 0 bridgehead atoms. The van der Waals surface area contributed by atoms with Crippen molar-refractivity contribution >= 4 is 17.5 Å². The molecule has 1 aliphatic heterocycles. The van der Waals surface area contributed by atoms with Gasteiger partial charge in [0, 0.05) is 45.1 Å². The van der Waals surface area contributed by atoms with Crippen LogP contribution in [0.15, 0.2) is 29.1 Å². The zero-order valence-electron chi connectivity index (χ0n) is 27.1. The Hall–Kier alpha value is -3.83. The topological polar surface area (TPSA) is 127 Å². The highest BCUT2D eigenvalue weighted by atomic mass is 16.5. The first-order valence-corrected chi connectivity index (χ1v) is 15.9. The lowest BCUT2D eigenvalue weighted by Crippen LogP contribution is -2.38. The molecule has 0 spiro atoms. The van der Waals surface area contributed by atoms with Gasteiger partial charge in [-0.2, -0.15) is 0 Å². The molecule has 11 nitrogen and oxygen atoms in total. The second kappa shape index (κ2) is 17.0. The minimum absolute atomic E-state index is 0.0852. The number of nitrogens with one attached hydrogen (secondary N) is 3. The molecule has 0 radical (unpaired) electrons. The molecule has 2 aromatic rings. The number of hydrogen-bond donors (Lipinski definition) is 3. The van der Waals surface area contributed by atoms with Crippen molar-refractivity contribution in [2.24, 2.45) is 0 Å². The van der Waals surface area contributed by atoms with Crippen LogP contribution in [0.2, 0.25) is 0 Å². The summed E-state index contributed by atoms with van der Waals surface area (Å²) in [5.41, 5.74) is 3.63. The number of ether oxygens (including phenoxy) is 4. The molecule has 246 valence electrons. The molecule has 2 aromatic carbocycles. The van der Waals surface area contributed by atoms with E-state index in [9.17, 15) is 14.4 Å². The summed E-state index contributed by atoms with van der Waals surface area (Å²) in [6, 6.07) is 6.90. The minimum atomic E-state index is -0.356. The van der Waals surface area contributed by atoms with Crippen molar-refractivity contribution in [2.45, 2.75) is 57.9 Å². The molecule has 1 heterocycles. The van der Waals surface area contributed by atoms with Gasteiger partial charge in [-0.1, -0.05) is 12.5 Å². The first-order chi connectivity index (χ1) is 21.9. The van der Waals surface area contributed by atoms with Crippen molar-refractivity contribution in [1.29, 1.82) is 0 Å². The van der Waals surface area contributed by atoms with Gasteiger partial charge in [0.2, 0.25) is 23.0 Å². The maximum Gasteiger partial charge on any atom is 0.219 e. The Morgan fingerprint density at radius 3 is 2.44 bits per heavy atom. The van der Waals surface area contributed by atoms with E-state index in [2.05, 4.69) is 20.9 Å². The molecular formula is C34H48N4O7. The normalized spacial score (nSPS) is 16.0. The summed E-state index contributed by atoms with van der Waals surface area (Å²) in [6.45, 7) is 7.26. The third kappa shape index (κ3) is 9.11. The average molecular weight is 625 g/mol. The fourth-order valence-electron chi connectivity index (χ4n) is 6.11. The molecule has 4 rings (SSSR count). The van der Waals surface area contributed by atoms with Crippen molar-refractivity contribution < 1.29 is 28.5 Å². The maximum absolute atomic E-state index is 13.4. The van der Waals surface area contributed by atoms with Crippen LogP contribution in [0.25, 0.3) is 11.1 Å². The van der Waals surface area contributed by atoms with Crippen molar-refractivity contribution in [2.75, 3.05) is 72.6 Å². The molecule has 1 unspecified atom stereocenters. The number of morpholine rings is 1. The monoisotopic (exact) mass is 624 g/mol. The van der Waals surface area contributed by atoms with E-state index in [1.165, 1.54) is 6.92 Å². The molecule has 1 atom stereocenters. The first-order valence-electron chi connectivity index (χ1n) is 15.9. The van der Waals surface area contributed by atoms with Gasteiger partial charge in [-0.05, 0) is 73.5 Å². The van der Waals surface area contributed by atoms with Crippen LogP contribution in [0.3, 0.4) is 0 Å². The van der Waals surface area contributed by atoms with E-state index >= 15 is 0 Å². The van der Waals surface area contributed by atoms with E-state index in [-0.39, 0.29) is 23.3 Å². The Bertz CT molecular complexity index is 1380. The number of amides is 2. The largest absolute Gasteiger partial charge is 0.493 e. The SMILES string of the molecule is COc1cc2c(c(OC)c1OC)-c1ccc(NCCCCCC(=O)NCCCN3CCOCC3)c(=O)cc1C(NC(C)=O)CC2. The van der Waals surface area contributed by atoms with Gasteiger partial charge >= 0.3 is 0 Å². The van der Waals surface area contributed by atoms with Gasteiger partial charge in [-0.25, -0.2) is 0 Å². The number of anilines is 1. The molecule has 45 heavy (non-hydrogen) atoms. The van der Waals surface area contributed by atoms with Gasteiger partial charge in [0.25, 0.3) is 0 Å². The van der Waals surface area contributed by atoms with Crippen LogP contribution in [0.5, 0.6) is 17.2 Å². The average Bonchev–Trinajstić information content (AvgIpc) is 3.28. The number of carbonyl (C=O) groups excluding carboxylic acids is 2. The summed E-state index contributed by atoms with van der Waals surface area (Å²) in [6.07, 6.45) is 5.17. The standard InChI is InChI=1S/C34H48N4O7/c1-23(39)37-27-12-10-24-21-30(42-2)33(43-3)34(44-4)32(24)25-11-13-28(29(40)22-26(25)27)35-14-7-5-6-9-31(41)36-15-8-16-38-17-19-45-20-18-38/h11,13,21-22,27H,5-10,12,14-20H2,1-4H3,(H,35,40)(H,36,41)(H,37,39). The third-order valence-electron chi connectivity index (χ3n) is 8.39. The smallest absolute Gasteiger partial charge is 0.219 e. The zero-order valence-corrected chi connectivity index (χ0v) is 27.1. The number of methoxy groups -OCH3 is 3. The summed E-state index contributed by atoms with van der Waals surface area (Å²) in [5, 5.41) is 9.35. The number of nitrogens with zero attached hydrogens (tertiary/aromatic N) is 1. The van der Waals surface area contributed by atoms with E-state index in [1.54, 1.807) is 33.5 Å². The summed E-state index contributed by atoms with van der Waals surface area (Å²) < 4.78 is 22.5. The van der Waals surface area contributed by atoms with Crippen molar-refractivity contribution in [3.05, 3.63) is 45.6 Å². The van der Waals surface area contributed by atoms with E-state index in [0.29, 0.717) is 55.3 Å². The Balaban J connectivity index is 1.39. The fourth-order valence-corrected chi connectivity index (χ4v) is 6.11. The Morgan fingerprint density at radius 1 is 0.956 bits per heavy atom. The Labute approximate surface area is 265 Å². The third-order valence-corrected chi connectivity index (χ3v) is 8.39. The molecule has 0 saturated carbocycles. The summed E-state index contributed by atoms with van der Waals surface area (Å²) in [4.78, 5) is 40.2. The van der Waals surface area contributed by atoms with Gasteiger partial charge < -0.3 is 34.9 Å². The number of hydrogen-bond acceptors (Lipinski definition) is 9. The molecular weight excluding hydrogens is 576 g/mol. The first kappa shape index (κ1) is 34.1. The van der Waals surface area contributed by atoms with Crippen LogP contribution in [0, 0.1) is 0 Å². The number of rotatable bonds is 15. The molecule has 2 amide bonds. The highest BCUT2D eigenvalue weighted by Gasteiger charge is 2.29. The molecule has 1 aliphatic carbocycles.